The lowest BCUT2D eigenvalue weighted by Crippen LogP contribution is -2.20. The first-order valence-electron chi connectivity index (χ1n) is 6.76. The maximum Gasteiger partial charge on any atom is 0.191 e. The summed E-state index contributed by atoms with van der Waals surface area (Å²) in [6, 6.07) is 15.1. The number of hydrogen-bond donors (Lipinski definition) is 0. The summed E-state index contributed by atoms with van der Waals surface area (Å²) in [7, 11) is 0. The fourth-order valence-electron chi connectivity index (χ4n) is 2.57. The monoisotopic (exact) mass is 330 g/mol. The first kappa shape index (κ1) is 13.5. The van der Waals surface area contributed by atoms with Gasteiger partial charge >= 0.3 is 0 Å². The van der Waals surface area contributed by atoms with Crippen molar-refractivity contribution in [1.82, 2.24) is 4.98 Å². The Morgan fingerprint density at radius 1 is 1.19 bits per heavy atom. The van der Waals surface area contributed by atoms with E-state index in [9.17, 15) is 0 Å². The standard InChI is InChI=1S/C16H14N2S3/c1-10-18(13-9-11(19-2)7-8-15(13)20-10)16-17-12-5-3-4-6-14(12)21-16/h3-10H,1-2H3. The van der Waals surface area contributed by atoms with E-state index in [-0.39, 0.29) is 0 Å². The zero-order valence-corrected chi connectivity index (χ0v) is 14.2. The van der Waals surface area contributed by atoms with Crippen molar-refractivity contribution in [1.29, 1.82) is 0 Å². The van der Waals surface area contributed by atoms with Gasteiger partial charge in [0.15, 0.2) is 5.13 Å². The van der Waals surface area contributed by atoms with Gasteiger partial charge in [0, 0.05) is 9.79 Å². The number of nitrogens with zero attached hydrogens (tertiary/aromatic N) is 2. The third kappa shape index (κ3) is 2.24. The second kappa shape index (κ2) is 5.23. The van der Waals surface area contributed by atoms with Crippen molar-refractivity contribution in [2.75, 3.05) is 11.2 Å². The Hall–Kier alpha value is -1.17. The fraction of sp³-hybridized carbons (Fsp3) is 0.188. The summed E-state index contributed by atoms with van der Waals surface area (Å²) in [6.45, 7) is 2.25. The van der Waals surface area contributed by atoms with Gasteiger partial charge in [0.25, 0.3) is 0 Å². The predicted octanol–water partition coefficient (Wildman–Crippen LogP) is 5.61. The second-order valence-corrected chi connectivity index (χ2v) is 8.13. The quantitative estimate of drug-likeness (QED) is 0.568. The minimum atomic E-state index is 0.387. The van der Waals surface area contributed by atoms with E-state index in [1.807, 2.05) is 17.8 Å². The molecular formula is C16H14N2S3. The van der Waals surface area contributed by atoms with Crippen molar-refractivity contribution in [3.63, 3.8) is 0 Å². The topological polar surface area (TPSA) is 16.1 Å². The van der Waals surface area contributed by atoms with Crippen LogP contribution in [0, 0.1) is 0 Å². The van der Waals surface area contributed by atoms with Gasteiger partial charge in [-0.05, 0) is 43.5 Å². The Morgan fingerprint density at radius 2 is 2.05 bits per heavy atom. The van der Waals surface area contributed by atoms with Gasteiger partial charge in [-0.25, -0.2) is 4.98 Å². The van der Waals surface area contributed by atoms with Crippen LogP contribution in [0.25, 0.3) is 10.2 Å². The number of para-hydroxylation sites is 1. The molecule has 0 aliphatic carbocycles. The number of thioether (sulfide) groups is 2. The number of benzene rings is 2. The van der Waals surface area contributed by atoms with E-state index in [1.54, 1.807) is 23.1 Å². The number of aromatic nitrogens is 1. The number of anilines is 2. The zero-order valence-electron chi connectivity index (χ0n) is 11.7. The molecule has 2 heterocycles. The average Bonchev–Trinajstić information content (AvgIpc) is 3.05. The van der Waals surface area contributed by atoms with Crippen molar-refractivity contribution >= 4 is 55.9 Å². The Balaban J connectivity index is 1.85. The molecule has 3 aromatic rings. The summed E-state index contributed by atoms with van der Waals surface area (Å²) in [5, 5.41) is 1.48. The van der Waals surface area contributed by atoms with Crippen LogP contribution in [0.4, 0.5) is 10.8 Å². The van der Waals surface area contributed by atoms with Crippen LogP contribution in [0.1, 0.15) is 6.92 Å². The highest BCUT2D eigenvalue weighted by Crippen LogP contribution is 2.49. The molecule has 0 fully saturated rings. The molecule has 1 aromatic heterocycles. The third-order valence-electron chi connectivity index (χ3n) is 3.58. The average molecular weight is 331 g/mol. The van der Waals surface area contributed by atoms with Gasteiger partial charge in [-0.2, -0.15) is 0 Å². The van der Waals surface area contributed by atoms with Gasteiger partial charge in [0.1, 0.15) is 0 Å². The van der Waals surface area contributed by atoms with Crippen LogP contribution in [0.5, 0.6) is 0 Å². The van der Waals surface area contributed by atoms with Crippen LogP contribution in [-0.2, 0) is 0 Å². The van der Waals surface area contributed by atoms with Crippen molar-refractivity contribution in [2.45, 2.75) is 22.1 Å². The molecule has 21 heavy (non-hydrogen) atoms. The van der Waals surface area contributed by atoms with Crippen LogP contribution in [-0.4, -0.2) is 16.6 Å². The molecule has 0 radical (unpaired) electrons. The van der Waals surface area contributed by atoms with Gasteiger partial charge < -0.3 is 4.90 Å². The van der Waals surface area contributed by atoms with Crippen molar-refractivity contribution < 1.29 is 0 Å². The Kier molecular flexibility index (Phi) is 3.36. The molecule has 0 spiro atoms. The van der Waals surface area contributed by atoms with E-state index in [4.69, 9.17) is 4.98 Å². The van der Waals surface area contributed by atoms with Crippen molar-refractivity contribution in [3.05, 3.63) is 42.5 Å². The largest absolute Gasteiger partial charge is 0.304 e. The highest BCUT2D eigenvalue weighted by atomic mass is 32.2. The van der Waals surface area contributed by atoms with E-state index >= 15 is 0 Å². The molecule has 106 valence electrons. The molecule has 2 nitrogen and oxygen atoms in total. The summed E-state index contributed by atoms with van der Waals surface area (Å²) in [4.78, 5) is 9.84. The van der Waals surface area contributed by atoms with Gasteiger partial charge in [-0.15, -0.1) is 11.8 Å². The summed E-state index contributed by atoms with van der Waals surface area (Å²) >= 11 is 5.46. The van der Waals surface area contributed by atoms with Crippen molar-refractivity contribution in [2.24, 2.45) is 0 Å². The first-order chi connectivity index (χ1) is 10.3. The molecule has 2 aromatic carbocycles. The lowest BCUT2D eigenvalue weighted by molar-refractivity contribution is 0.966. The minimum absolute atomic E-state index is 0.387. The van der Waals surface area contributed by atoms with E-state index in [0.29, 0.717) is 5.37 Å². The Morgan fingerprint density at radius 3 is 2.86 bits per heavy atom. The third-order valence-corrected chi connectivity index (χ3v) is 6.49. The normalized spacial score (nSPS) is 17.4. The second-order valence-electron chi connectivity index (χ2n) is 4.88. The molecule has 1 atom stereocenters. The Bertz CT molecular complexity index is 779. The molecule has 0 N–H and O–H groups in total. The zero-order chi connectivity index (χ0) is 14.4. The molecule has 5 heteroatoms. The Labute approximate surface area is 136 Å². The van der Waals surface area contributed by atoms with E-state index in [2.05, 4.69) is 54.5 Å². The molecule has 0 amide bonds. The van der Waals surface area contributed by atoms with Gasteiger partial charge in [-0.1, -0.05) is 35.2 Å². The van der Waals surface area contributed by atoms with Crippen LogP contribution < -0.4 is 4.90 Å². The maximum atomic E-state index is 4.82. The summed E-state index contributed by atoms with van der Waals surface area (Å²) in [6.07, 6.45) is 2.12. The van der Waals surface area contributed by atoms with E-state index < -0.39 is 0 Å². The first-order valence-corrected chi connectivity index (χ1v) is 9.68. The molecule has 1 aliphatic heterocycles. The molecule has 0 bridgehead atoms. The number of hydrogen-bond acceptors (Lipinski definition) is 5. The van der Waals surface area contributed by atoms with Gasteiger partial charge in [0.2, 0.25) is 0 Å². The van der Waals surface area contributed by atoms with E-state index in [0.717, 1.165) is 10.6 Å². The van der Waals surface area contributed by atoms with Gasteiger partial charge in [0.05, 0.1) is 21.3 Å². The maximum absolute atomic E-state index is 4.82. The fourth-order valence-corrected chi connectivity index (χ4v) is 5.24. The SMILES string of the molecule is CSc1ccc2c(c1)N(c1nc3ccccc3s1)C(C)S2. The van der Waals surface area contributed by atoms with Gasteiger partial charge in [-0.3, -0.25) is 0 Å². The molecule has 1 aliphatic rings. The van der Waals surface area contributed by atoms with Crippen molar-refractivity contribution in [3.8, 4) is 0 Å². The molecule has 0 saturated carbocycles. The lowest BCUT2D eigenvalue weighted by atomic mass is 10.3. The predicted molar refractivity (Wildman–Crippen MR) is 95.3 cm³/mol. The smallest absolute Gasteiger partial charge is 0.191 e. The molecule has 1 unspecified atom stereocenters. The lowest BCUT2D eigenvalue weighted by Gasteiger charge is -2.20. The van der Waals surface area contributed by atoms with Crippen LogP contribution >= 0.6 is 34.9 Å². The number of rotatable bonds is 2. The van der Waals surface area contributed by atoms with Crippen LogP contribution in [0.2, 0.25) is 0 Å². The minimum Gasteiger partial charge on any atom is -0.304 e. The number of thiazole rings is 1. The highest BCUT2D eigenvalue weighted by molar-refractivity contribution is 8.00. The summed E-state index contributed by atoms with van der Waals surface area (Å²) in [5.74, 6) is 0. The molecule has 4 rings (SSSR count). The molecule has 0 saturated heterocycles. The number of fused-ring (bicyclic) bond motifs is 2. The van der Waals surface area contributed by atoms with Crippen LogP contribution in [0.3, 0.4) is 0 Å². The summed E-state index contributed by atoms with van der Waals surface area (Å²) in [5.41, 5.74) is 2.38. The van der Waals surface area contributed by atoms with E-state index in [1.165, 1.54) is 20.2 Å². The highest BCUT2D eigenvalue weighted by Gasteiger charge is 2.30. The summed E-state index contributed by atoms with van der Waals surface area (Å²) < 4.78 is 1.25. The molecular weight excluding hydrogens is 316 g/mol. The van der Waals surface area contributed by atoms with Crippen LogP contribution in [0.15, 0.2) is 52.3 Å².